The highest BCUT2D eigenvalue weighted by atomic mass is 127. The summed E-state index contributed by atoms with van der Waals surface area (Å²) >= 11 is 0. The van der Waals surface area contributed by atoms with Crippen molar-refractivity contribution in [1.29, 1.82) is 0 Å². The van der Waals surface area contributed by atoms with Crippen LogP contribution in [0.1, 0.15) is 43.2 Å². The Bertz CT molecular complexity index is 949. The highest BCUT2D eigenvalue weighted by Gasteiger charge is 2.22. The molecule has 0 saturated carbocycles. The van der Waals surface area contributed by atoms with Crippen LogP contribution in [0.3, 0.4) is 0 Å². The third kappa shape index (κ3) is 5.64. The second-order valence-corrected chi connectivity index (χ2v) is 7.82. The van der Waals surface area contributed by atoms with E-state index < -0.39 is 0 Å². The van der Waals surface area contributed by atoms with Gasteiger partial charge in [-0.05, 0) is 25.7 Å². The van der Waals surface area contributed by atoms with Crippen molar-refractivity contribution in [1.82, 2.24) is 39.7 Å². The largest absolute Gasteiger partial charge is 0.377 e. The third-order valence-electron chi connectivity index (χ3n) is 5.61. The molecule has 11 nitrogen and oxygen atoms in total. The van der Waals surface area contributed by atoms with Crippen molar-refractivity contribution in [2.75, 3.05) is 20.7 Å². The van der Waals surface area contributed by atoms with Gasteiger partial charge in [-0.3, -0.25) is 9.56 Å². The van der Waals surface area contributed by atoms with E-state index in [1.54, 1.807) is 18.8 Å². The lowest BCUT2D eigenvalue weighted by molar-refractivity contribution is 0.177. The first kappa shape index (κ1) is 23.7. The number of hydrogen-bond acceptors (Lipinski definition) is 6. The Morgan fingerprint density at radius 3 is 2.90 bits per heavy atom. The number of aromatic nitrogens is 6. The summed E-state index contributed by atoms with van der Waals surface area (Å²) in [7, 11) is 3.42. The number of aliphatic imine (C=N–C) groups is 1. The molecule has 0 radical (unpaired) electrons. The Kier molecular flexibility index (Phi) is 8.46. The lowest BCUT2D eigenvalue weighted by atomic mass is 10.1. The molecular formula is C19H32IN9O2. The summed E-state index contributed by atoms with van der Waals surface area (Å²) in [5.74, 6) is 3.43. The molecule has 2 aromatic heterocycles. The number of nitrogens with one attached hydrogen (secondary N) is 2. The minimum absolute atomic E-state index is 0. The van der Waals surface area contributed by atoms with Gasteiger partial charge in [-0.15, -0.1) is 24.0 Å². The highest BCUT2D eigenvalue weighted by Crippen LogP contribution is 2.13. The minimum atomic E-state index is 0. The van der Waals surface area contributed by atoms with E-state index >= 15 is 0 Å². The fourth-order valence-corrected chi connectivity index (χ4v) is 4.09. The predicted octanol–water partition coefficient (Wildman–Crippen LogP) is 0.307. The van der Waals surface area contributed by atoms with Crippen LogP contribution < -0.4 is 16.3 Å². The molecule has 4 rings (SSSR count). The number of ether oxygens (including phenoxy) is 1. The molecule has 172 valence electrons. The van der Waals surface area contributed by atoms with Gasteiger partial charge in [-0.1, -0.05) is 0 Å². The van der Waals surface area contributed by atoms with Crippen LogP contribution in [0.5, 0.6) is 0 Å². The molecule has 2 aliphatic heterocycles. The minimum Gasteiger partial charge on any atom is -0.377 e. The zero-order valence-electron chi connectivity index (χ0n) is 18.2. The first-order chi connectivity index (χ1) is 14.7. The van der Waals surface area contributed by atoms with Crippen molar-refractivity contribution in [3.63, 3.8) is 0 Å². The van der Waals surface area contributed by atoms with E-state index in [0.717, 1.165) is 75.0 Å². The molecule has 1 unspecified atom stereocenters. The average Bonchev–Trinajstić information content (AvgIpc) is 3.30. The van der Waals surface area contributed by atoms with Crippen molar-refractivity contribution in [2.45, 2.75) is 70.8 Å². The molecule has 1 atom stereocenters. The van der Waals surface area contributed by atoms with Gasteiger partial charge in [-0.2, -0.15) is 10.2 Å². The van der Waals surface area contributed by atoms with Gasteiger partial charge in [0.05, 0.1) is 6.54 Å². The van der Waals surface area contributed by atoms with E-state index in [9.17, 15) is 4.79 Å². The maximum atomic E-state index is 12.4. The summed E-state index contributed by atoms with van der Waals surface area (Å²) in [6.07, 6.45) is 5.73. The smallest absolute Gasteiger partial charge is 0.345 e. The lowest BCUT2D eigenvalue weighted by Crippen LogP contribution is -2.47. The van der Waals surface area contributed by atoms with Crippen LogP contribution in [-0.4, -0.2) is 61.8 Å². The van der Waals surface area contributed by atoms with E-state index in [0.29, 0.717) is 19.7 Å². The van der Waals surface area contributed by atoms with E-state index in [1.165, 1.54) is 0 Å². The third-order valence-corrected chi connectivity index (χ3v) is 5.61. The van der Waals surface area contributed by atoms with Crippen LogP contribution in [0.15, 0.2) is 9.79 Å². The van der Waals surface area contributed by atoms with Crippen molar-refractivity contribution in [3.05, 3.63) is 28.0 Å². The van der Waals surface area contributed by atoms with E-state index in [-0.39, 0.29) is 35.7 Å². The lowest BCUT2D eigenvalue weighted by Gasteiger charge is -2.25. The summed E-state index contributed by atoms with van der Waals surface area (Å²) in [6.45, 7) is 3.31. The molecule has 31 heavy (non-hydrogen) atoms. The van der Waals surface area contributed by atoms with E-state index in [2.05, 4.69) is 30.8 Å². The second-order valence-electron chi connectivity index (χ2n) is 7.82. The summed E-state index contributed by atoms with van der Waals surface area (Å²) in [5, 5.41) is 15.8. The Morgan fingerprint density at radius 1 is 1.26 bits per heavy atom. The van der Waals surface area contributed by atoms with Gasteiger partial charge in [0.2, 0.25) is 0 Å². The van der Waals surface area contributed by atoms with Crippen LogP contribution in [0, 0.1) is 0 Å². The molecule has 2 N–H and O–H groups in total. The molecule has 0 saturated heterocycles. The van der Waals surface area contributed by atoms with Crippen molar-refractivity contribution in [2.24, 2.45) is 4.99 Å². The standard InChI is InChI=1S/C19H31N9O2.HI/c1-20-18(22-14-7-8-16-23-15(13-30-2)24-28(16)12-14)21-9-5-11-27-19(29)26-10-4-3-6-17(26)25-27;/h14H,3-13H2,1-2H3,(H2,20,21,22);1H. The predicted molar refractivity (Wildman–Crippen MR) is 127 cm³/mol. The van der Waals surface area contributed by atoms with Gasteiger partial charge in [0.15, 0.2) is 11.8 Å². The zero-order valence-corrected chi connectivity index (χ0v) is 20.5. The SMILES string of the molecule is CN=C(NCCCn1nc2n(c1=O)CCCC2)NC1CCc2nc(COC)nn2C1.I. The Balaban J connectivity index is 0.00000272. The molecular weight excluding hydrogens is 513 g/mol. The Labute approximate surface area is 198 Å². The molecule has 2 aromatic rings. The number of methoxy groups -OCH3 is 1. The molecule has 12 heteroatoms. The molecule has 0 bridgehead atoms. The zero-order chi connectivity index (χ0) is 20.9. The molecule has 2 aliphatic rings. The number of guanidine groups is 1. The fourth-order valence-electron chi connectivity index (χ4n) is 4.09. The summed E-state index contributed by atoms with van der Waals surface area (Å²) < 4.78 is 10.5. The van der Waals surface area contributed by atoms with Gasteiger partial charge in [0.25, 0.3) is 0 Å². The topological polar surface area (TPSA) is 116 Å². The van der Waals surface area contributed by atoms with E-state index in [1.807, 2.05) is 9.25 Å². The highest BCUT2D eigenvalue weighted by molar-refractivity contribution is 14.0. The van der Waals surface area contributed by atoms with Crippen molar-refractivity contribution >= 4 is 29.9 Å². The molecule has 0 spiro atoms. The van der Waals surface area contributed by atoms with Gasteiger partial charge >= 0.3 is 5.69 Å². The van der Waals surface area contributed by atoms with Gasteiger partial charge in [0.1, 0.15) is 18.3 Å². The summed E-state index contributed by atoms with van der Waals surface area (Å²) in [5.41, 5.74) is 0.0193. The van der Waals surface area contributed by atoms with Crippen LogP contribution >= 0.6 is 24.0 Å². The van der Waals surface area contributed by atoms with Gasteiger partial charge in [-0.25, -0.2) is 19.1 Å². The van der Waals surface area contributed by atoms with E-state index in [4.69, 9.17) is 4.74 Å². The molecule has 0 fully saturated rings. The number of aryl methyl sites for hydroxylation is 3. The first-order valence-electron chi connectivity index (χ1n) is 10.7. The maximum Gasteiger partial charge on any atom is 0.345 e. The summed E-state index contributed by atoms with van der Waals surface area (Å²) in [6, 6.07) is 0.239. The van der Waals surface area contributed by atoms with Crippen LogP contribution in [0.25, 0.3) is 0 Å². The number of hydrogen-bond donors (Lipinski definition) is 2. The van der Waals surface area contributed by atoms with Crippen molar-refractivity contribution < 1.29 is 4.74 Å². The van der Waals surface area contributed by atoms with Crippen LogP contribution in [0.4, 0.5) is 0 Å². The fraction of sp³-hybridized carbons (Fsp3) is 0.737. The van der Waals surface area contributed by atoms with Gasteiger partial charge < -0.3 is 15.4 Å². The normalized spacial score (nSPS) is 18.1. The Morgan fingerprint density at radius 2 is 2.13 bits per heavy atom. The average molecular weight is 545 g/mol. The quantitative estimate of drug-likeness (QED) is 0.223. The number of fused-ring (bicyclic) bond motifs is 2. The molecule has 0 aromatic carbocycles. The maximum absolute atomic E-state index is 12.4. The number of rotatable bonds is 7. The monoisotopic (exact) mass is 545 g/mol. The van der Waals surface area contributed by atoms with Gasteiger partial charge in [0, 0.05) is 52.7 Å². The van der Waals surface area contributed by atoms with Crippen LogP contribution in [0.2, 0.25) is 0 Å². The Hall–Kier alpha value is -1.96. The number of halogens is 1. The molecule has 4 heterocycles. The number of nitrogens with zero attached hydrogens (tertiary/aromatic N) is 7. The van der Waals surface area contributed by atoms with Crippen molar-refractivity contribution in [3.8, 4) is 0 Å². The summed E-state index contributed by atoms with van der Waals surface area (Å²) in [4.78, 5) is 21.2. The molecule has 0 amide bonds. The molecule has 0 aliphatic carbocycles. The second kappa shape index (κ2) is 11.1. The first-order valence-corrected chi connectivity index (χ1v) is 10.7. The van der Waals surface area contributed by atoms with Crippen LogP contribution in [-0.2, 0) is 43.8 Å².